The predicted octanol–water partition coefficient (Wildman–Crippen LogP) is 3.03. The Bertz CT molecular complexity index is 1130. The zero-order valence-electron chi connectivity index (χ0n) is 22.3. The van der Waals surface area contributed by atoms with Crippen LogP contribution in [0.2, 0.25) is 0 Å². The highest BCUT2D eigenvalue weighted by Crippen LogP contribution is 2.25. The molecule has 0 radical (unpaired) electrons. The molecule has 1 fully saturated rings. The molecule has 1 aromatic heterocycles. The summed E-state index contributed by atoms with van der Waals surface area (Å²) in [5.74, 6) is -0.0250. The maximum Gasteiger partial charge on any atom is 0.330 e. The average molecular weight is 499 g/mol. The third-order valence-corrected chi connectivity index (χ3v) is 6.60. The summed E-state index contributed by atoms with van der Waals surface area (Å²) in [4.78, 5) is 47.0. The Morgan fingerprint density at radius 2 is 1.83 bits per heavy atom. The number of unbranched alkanes of at least 4 members (excludes halogenated alkanes) is 1. The molecule has 1 aromatic carbocycles. The molecule has 1 aliphatic rings. The second-order valence-corrected chi connectivity index (χ2v) is 10.2. The van der Waals surface area contributed by atoms with Gasteiger partial charge in [-0.2, -0.15) is 0 Å². The number of para-hydroxylation sites is 1. The third-order valence-electron chi connectivity index (χ3n) is 6.60. The van der Waals surface area contributed by atoms with Crippen molar-refractivity contribution in [3.8, 4) is 0 Å². The van der Waals surface area contributed by atoms with E-state index < -0.39 is 11.2 Å². The number of aromatic nitrogens is 2. The van der Waals surface area contributed by atoms with E-state index >= 15 is 0 Å². The van der Waals surface area contributed by atoms with Gasteiger partial charge in [0.05, 0.1) is 6.54 Å². The average Bonchev–Trinajstić information content (AvgIpc) is 2.84. The Balaban J connectivity index is 1.83. The van der Waals surface area contributed by atoms with Gasteiger partial charge in [-0.05, 0) is 50.3 Å². The molecular weight excluding hydrogens is 456 g/mol. The van der Waals surface area contributed by atoms with Crippen LogP contribution in [0.3, 0.4) is 0 Å². The highest BCUT2D eigenvalue weighted by molar-refractivity contribution is 5.96. The lowest BCUT2D eigenvalue weighted by Gasteiger charge is -2.32. The van der Waals surface area contributed by atoms with E-state index in [4.69, 9.17) is 5.73 Å². The van der Waals surface area contributed by atoms with E-state index in [1.54, 1.807) is 0 Å². The van der Waals surface area contributed by atoms with Crippen molar-refractivity contribution in [3.63, 3.8) is 0 Å². The molecule has 9 nitrogen and oxygen atoms in total. The molecule has 0 aliphatic carbocycles. The summed E-state index contributed by atoms with van der Waals surface area (Å²) in [5, 5.41) is 0. The first-order valence-electron chi connectivity index (χ1n) is 13.2. The van der Waals surface area contributed by atoms with Crippen LogP contribution < -0.4 is 26.8 Å². The largest absolute Gasteiger partial charge is 0.383 e. The highest BCUT2D eigenvalue weighted by Gasteiger charge is 2.25. The second kappa shape index (κ2) is 12.8. The predicted molar refractivity (Wildman–Crippen MR) is 147 cm³/mol. The minimum Gasteiger partial charge on any atom is -0.383 e. The number of hydrogen-bond acceptors (Lipinski definition) is 6. The Kier molecular flexibility index (Phi) is 9.75. The van der Waals surface area contributed by atoms with Crippen LogP contribution >= 0.6 is 0 Å². The number of aromatic amines is 1. The lowest BCUT2D eigenvalue weighted by atomic mass is 10.1. The van der Waals surface area contributed by atoms with Crippen molar-refractivity contribution >= 4 is 23.1 Å². The summed E-state index contributed by atoms with van der Waals surface area (Å²) in [6.07, 6.45) is 5.24. The zero-order chi connectivity index (χ0) is 26.2. The molecule has 0 unspecified atom stereocenters. The number of piperidine rings is 1. The van der Waals surface area contributed by atoms with Crippen LogP contribution in [0.5, 0.6) is 0 Å². The number of amides is 1. The second-order valence-electron chi connectivity index (χ2n) is 10.2. The smallest absolute Gasteiger partial charge is 0.330 e. The lowest BCUT2D eigenvalue weighted by molar-refractivity contribution is -0.119. The molecule has 0 saturated carbocycles. The number of H-pyrrole nitrogens is 1. The molecule has 0 atom stereocenters. The van der Waals surface area contributed by atoms with Crippen molar-refractivity contribution in [2.45, 2.75) is 66.0 Å². The third kappa shape index (κ3) is 6.78. The Morgan fingerprint density at radius 3 is 2.50 bits per heavy atom. The minimum absolute atomic E-state index is 0.0417. The van der Waals surface area contributed by atoms with Gasteiger partial charge in [-0.3, -0.25) is 24.0 Å². The molecule has 36 heavy (non-hydrogen) atoms. The summed E-state index contributed by atoms with van der Waals surface area (Å²) in [7, 11) is 1.91. The van der Waals surface area contributed by atoms with E-state index in [-0.39, 0.29) is 29.9 Å². The molecule has 0 bridgehead atoms. The monoisotopic (exact) mass is 498 g/mol. The van der Waals surface area contributed by atoms with Crippen LogP contribution in [0, 0.1) is 5.92 Å². The Morgan fingerprint density at radius 1 is 1.14 bits per heavy atom. The number of carbonyl (C=O) groups excluding carboxylic acids is 1. The van der Waals surface area contributed by atoms with Crippen molar-refractivity contribution in [1.29, 1.82) is 0 Å². The van der Waals surface area contributed by atoms with E-state index in [1.807, 2.05) is 38.8 Å². The number of nitrogens with two attached hydrogens (primary N) is 1. The van der Waals surface area contributed by atoms with Crippen LogP contribution in [0.4, 0.5) is 17.2 Å². The summed E-state index contributed by atoms with van der Waals surface area (Å²) < 4.78 is 1.35. The quantitative estimate of drug-likeness (QED) is 0.493. The maximum atomic E-state index is 13.5. The number of carbonyl (C=O) groups is 1. The zero-order valence-corrected chi connectivity index (χ0v) is 22.3. The molecule has 0 spiro atoms. The van der Waals surface area contributed by atoms with Gasteiger partial charge in [-0.25, -0.2) is 4.79 Å². The highest BCUT2D eigenvalue weighted by atomic mass is 16.2. The van der Waals surface area contributed by atoms with Gasteiger partial charge in [0, 0.05) is 38.4 Å². The van der Waals surface area contributed by atoms with Crippen molar-refractivity contribution in [2.75, 3.05) is 48.8 Å². The first-order chi connectivity index (χ1) is 17.2. The minimum atomic E-state index is -0.625. The summed E-state index contributed by atoms with van der Waals surface area (Å²) >= 11 is 0. The number of anilines is 3. The van der Waals surface area contributed by atoms with Crippen molar-refractivity contribution in [1.82, 2.24) is 14.5 Å². The summed E-state index contributed by atoms with van der Waals surface area (Å²) in [6.45, 7) is 9.52. The molecule has 1 saturated heterocycles. The Hall–Kier alpha value is -3.07. The number of likely N-dealkylation sites (N-methyl/N-ethyl adjacent to an activating group) is 1. The molecule has 9 heteroatoms. The summed E-state index contributed by atoms with van der Waals surface area (Å²) in [5.41, 5.74) is 7.62. The van der Waals surface area contributed by atoms with Crippen LogP contribution in [0.25, 0.3) is 0 Å². The fraction of sp³-hybridized carbons (Fsp3) is 0.593. The molecule has 3 N–H and O–H groups in total. The van der Waals surface area contributed by atoms with E-state index in [0.717, 1.165) is 25.9 Å². The van der Waals surface area contributed by atoms with Crippen LogP contribution in [0.1, 0.15) is 58.4 Å². The van der Waals surface area contributed by atoms with Gasteiger partial charge >= 0.3 is 5.69 Å². The van der Waals surface area contributed by atoms with E-state index in [2.05, 4.69) is 28.1 Å². The number of nitrogens with one attached hydrogen (secondary N) is 1. The lowest BCUT2D eigenvalue weighted by Crippen LogP contribution is -2.45. The van der Waals surface area contributed by atoms with Gasteiger partial charge in [0.2, 0.25) is 5.91 Å². The van der Waals surface area contributed by atoms with Crippen LogP contribution in [-0.2, 0) is 17.9 Å². The number of hydrogen-bond donors (Lipinski definition) is 2. The van der Waals surface area contributed by atoms with Crippen LogP contribution in [0.15, 0.2) is 33.9 Å². The van der Waals surface area contributed by atoms with Gasteiger partial charge in [0.25, 0.3) is 5.56 Å². The molecule has 198 valence electrons. The molecule has 1 amide bonds. The molecule has 2 heterocycles. The summed E-state index contributed by atoms with van der Waals surface area (Å²) in [6, 6.07) is 8.36. The number of rotatable bonds is 11. The van der Waals surface area contributed by atoms with Gasteiger partial charge in [-0.1, -0.05) is 45.4 Å². The first kappa shape index (κ1) is 27.5. The topological polar surface area (TPSA) is 108 Å². The van der Waals surface area contributed by atoms with E-state index in [9.17, 15) is 14.4 Å². The van der Waals surface area contributed by atoms with Gasteiger partial charge in [0.15, 0.2) is 5.69 Å². The van der Waals surface area contributed by atoms with Gasteiger partial charge < -0.3 is 15.5 Å². The SMILES string of the molecule is CCCCN(C(=O)CN(C)Cc1ccccc1N1CCCCC1)c1c(N)n(CC(C)C)c(=O)[nH]c1=O. The van der Waals surface area contributed by atoms with E-state index in [1.165, 1.54) is 40.0 Å². The van der Waals surface area contributed by atoms with Crippen LogP contribution in [-0.4, -0.2) is 53.6 Å². The fourth-order valence-electron chi connectivity index (χ4n) is 4.81. The molecule has 3 rings (SSSR count). The van der Waals surface area contributed by atoms with Crippen molar-refractivity contribution in [3.05, 3.63) is 50.7 Å². The molecule has 1 aliphatic heterocycles. The maximum absolute atomic E-state index is 13.5. The molecular formula is C27H42N6O3. The number of nitrogen functional groups attached to an aromatic ring is 1. The van der Waals surface area contributed by atoms with Gasteiger partial charge in [0.1, 0.15) is 5.82 Å². The van der Waals surface area contributed by atoms with Gasteiger partial charge in [-0.15, -0.1) is 0 Å². The Labute approximate surface area is 213 Å². The fourth-order valence-corrected chi connectivity index (χ4v) is 4.81. The number of benzene rings is 1. The first-order valence-corrected chi connectivity index (χ1v) is 13.2. The van der Waals surface area contributed by atoms with Crippen molar-refractivity contribution < 1.29 is 4.79 Å². The van der Waals surface area contributed by atoms with E-state index in [0.29, 0.717) is 19.6 Å². The standard InChI is InChI=1S/C27H42N6O3/c1-5-6-16-32(24-25(28)33(17-20(2)3)27(36)29-26(24)35)23(34)19-30(4)18-21-12-8-9-13-22(21)31-14-10-7-11-15-31/h8-9,12-13,20H,5-7,10-11,14-19,28H2,1-4H3,(H,29,35,36). The van der Waals surface area contributed by atoms with Crippen molar-refractivity contribution in [2.24, 2.45) is 5.92 Å². The normalized spacial score (nSPS) is 14.0. The molecule has 2 aromatic rings. The number of nitrogens with zero attached hydrogens (tertiary/aromatic N) is 4.